The second kappa shape index (κ2) is 7.43. The standard InChI is InChI=1S/C13H16N2S.ClH/c1-14-8-7-13-15-12(10-16-13)9-11-5-3-2-4-6-11;/h2-6,10,14H,7-9H2,1H3;1H. The molecule has 17 heavy (non-hydrogen) atoms. The Hall–Kier alpha value is -0.900. The number of thiazole rings is 1. The van der Waals surface area contributed by atoms with E-state index in [2.05, 4.69) is 39.9 Å². The highest BCUT2D eigenvalue weighted by Crippen LogP contribution is 2.14. The van der Waals surface area contributed by atoms with E-state index in [4.69, 9.17) is 0 Å². The molecule has 0 fully saturated rings. The molecule has 0 aliphatic rings. The normalized spacial score (nSPS) is 9.94. The predicted molar refractivity (Wildman–Crippen MR) is 76.2 cm³/mol. The number of rotatable bonds is 5. The molecule has 0 spiro atoms. The first-order valence-corrected chi connectivity index (χ1v) is 6.38. The molecule has 2 aromatic rings. The van der Waals surface area contributed by atoms with Gasteiger partial charge in [-0.1, -0.05) is 30.3 Å². The Morgan fingerprint density at radius 1 is 1.24 bits per heavy atom. The van der Waals surface area contributed by atoms with Gasteiger partial charge in [0.15, 0.2) is 0 Å². The molecule has 0 amide bonds. The van der Waals surface area contributed by atoms with Crippen LogP contribution in [-0.2, 0) is 12.8 Å². The summed E-state index contributed by atoms with van der Waals surface area (Å²) < 4.78 is 0. The van der Waals surface area contributed by atoms with Crippen LogP contribution in [0.2, 0.25) is 0 Å². The first-order chi connectivity index (χ1) is 7.88. The fourth-order valence-electron chi connectivity index (χ4n) is 1.58. The fourth-order valence-corrected chi connectivity index (χ4v) is 2.38. The highest BCUT2D eigenvalue weighted by atomic mass is 35.5. The van der Waals surface area contributed by atoms with Crippen LogP contribution in [-0.4, -0.2) is 18.6 Å². The maximum atomic E-state index is 4.62. The molecular formula is C13H17ClN2S. The van der Waals surface area contributed by atoms with Crippen LogP contribution >= 0.6 is 23.7 Å². The molecule has 2 rings (SSSR count). The first-order valence-electron chi connectivity index (χ1n) is 5.50. The summed E-state index contributed by atoms with van der Waals surface area (Å²) in [5.74, 6) is 0. The Bertz CT molecular complexity index is 428. The monoisotopic (exact) mass is 268 g/mol. The Balaban J connectivity index is 0.00000144. The van der Waals surface area contributed by atoms with Crippen molar-refractivity contribution in [2.24, 2.45) is 0 Å². The largest absolute Gasteiger partial charge is 0.319 e. The van der Waals surface area contributed by atoms with Gasteiger partial charge in [0, 0.05) is 24.8 Å². The van der Waals surface area contributed by atoms with Gasteiger partial charge in [0.05, 0.1) is 10.7 Å². The van der Waals surface area contributed by atoms with Crippen LogP contribution in [0.5, 0.6) is 0 Å². The van der Waals surface area contributed by atoms with Crippen LogP contribution in [0.25, 0.3) is 0 Å². The van der Waals surface area contributed by atoms with Crippen LogP contribution in [0.3, 0.4) is 0 Å². The summed E-state index contributed by atoms with van der Waals surface area (Å²) in [6.07, 6.45) is 1.97. The van der Waals surface area contributed by atoms with Crippen molar-refractivity contribution in [1.82, 2.24) is 10.3 Å². The molecular weight excluding hydrogens is 252 g/mol. The SMILES string of the molecule is CNCCc1nc(Cc2ccccc2)cs1.Cl. The molecule has 0 bridgehead atoms. The molecule has 0 aliphatic heterocycles. The van der Waals surface area contributed by atoms with Gasteiger partial charge in [-0.2, -0.15) is 0 Å². The number of halogens is 1. The van der Waals surface area contributed by atoms with Crippen molar-refractivity contribution >= 4 is 23.7 Å². The number of aromatic nitrogens is 1. The van der Waals surface area contributed by atoms with Crippen molar-refractivity contribution in [3.05, 3.63) is 52.0 Å². The van der Waals surface area contributed by atoms with Gasteiger partial charge in [-0.05, 0) is 12.6 Å². The van der Waals surface area contributed by atoms with Gasteiger partial charge in [-0.25, -0.2) is 4.98 Å². The molecule has 0 saturated heterocycles. The van der Waals surface area contributed by atoms with Gasteiger partial charge in [0.25, 0.3) is 0 Å². The van der Waals surface area contributed by atoms with Gasteiger partial charge in [0.2, 0.25) is 0 Å². The van der Waals surface area contributed by atoms with Gasteiger partial charge >= 0.3 is 0 Å². The number of hydrogen-bond donors (Lipinski definition) is 1. The van der Waals surface area contributed by atoms with Crippen molar-refractivity contribution in [2.75, 3.05) is 13.6 Å². The van der Waals surface area contributed by atoms with E-state index in [1.165, 1.54) is 16.3 Å². The third-order valence-electron chi connectivity index (χ3n) is 2.42. The van der Waals surface area contributed by atoms with E-state index >= 15 is 0 Å². The molecule has 92 valence electrons. The first kappa shape index (κ1) is 14.2. The predicted octanol–water partition coefficient (Wildman–Crippen LogP) is 2.92. The minimum atomic E-state index is 0. The highest BCUT2D eigenvalue weighted by Gasteiger charge is 2.02. The maximum Gasteiger partial charge on any atom is 0.0941 e. The van der Waals surface area contributed by atoms with E-state index in [1.54, 1.807) is 11.3 Å². The molecule has 0 radical (unpaired) electrons. The molecule has 4 heteroatoms. The van der Waals surface area contributed by atoms with Crippen LogP contribution in [0.15, 0.2) is 35.7 Å². The summed E-state index contributed by atoms with van der Waals surface area (Å²) >= 11 is 1.76. The minimum absolute atomic E-state index is 0. The average molecular weight is 269 g/mol. The smallest absolute Gasteiger partial charge is 0.0941 e. The van der Waals surface area contributed by atoms with Gasteiger partial charge in [-0.3, -0.25) is 0 Å². The van der Waals surface area contributed by atoms with Crippen LogP contribution in [0.4, 0.5) is 0 Å². The van der Waals surface area contributed by atoms with Gasteiger partial charge < -0.3 is 5.32 Å². The molecule has 0 saturated carbocycles. The zero-order chi connectivity index (χ0) is 11.2. The molecule has 0 unspecified atom stereocenters. The van der Waals surface area contributed by atoms with Gasteiger partial charge in [-0.15, -0.1) is 23.7 Å². The second-order valence-corrected chi connectivity index (χ2v) is 4.69. The topological polar surface area (TPSA) is 24.9 Å². The Morgan fingerprint density at radius 2 is 2.00 bits per heavy atom. The van der Waals surface area contributed by atoms with E-state index in [9.17, 15) is 0 Å². The molecule has 0 atom stereocenters. The van der Waals surface area contributed by atoms with E-state index in [1.807, 2.05) is 13.1 Å². The number of hydrogen-bond acceptors (Lipinski definition) is 3. The van der Waals surface area contributed by atoms with Crippen LogP contribution in [0.1, 0.15) is 16.3 Å². The summed E-state index contributed by atoms with van der Waals surface area (Å²) in [5, 5.41) is 6.53. The van der Waals surface area contributed by atoms with E-state index in [-0.39, 0.29) is 12.4 Å². The van der Waals surface area contributed by atoms with Crippen molar-refractivity contribution in [1.29, 1.82) is 0 Å². The molecule has 2 nitrogen and oxygen atoms in total. The second-order valence-electron chi connectivity index (χ2n) is 3.75. The maximum absolute atomic E-state index is 4.62. The third-order valence-corrected chi connectivity index (χ3v) is 3.37. The van der Waals surface area contributed by atoms with Crippen molar-refractivity contribution in [3.8, 4) is 0 Å². The Labute approximate surface area is 113 Å². The lowest BCUT2D eigenvalue weighted by atomic mass is 10.1. The molecule has 1 aromatic carbocycles. The number of nitrogens with one attached hydrogen (secondary N) is 1. The fraction of sp³-hybridized carbons (Fsp3) is 0.308. The van der Waals surface area contributed by atoms with Crippen molar-refractivity contribution < 1.29 is 0 Å². The lowest BCUT2D eigenvalue weighted by molar-refractivity contribution is 0.785. The highest BCUT2D eigenvalue weighted by molar-refractivity contribution is 7.09. The number of likely N-dealkylation sites (N-methyl/N-ethyl adjacent to an activating group) is 1. The zero-order valence-electron chi connectivity index (χ0n) is 9.85. The Morgan fingerprint density at radius 3 is 2.71 bits per heavy atom. The zero-order valence-corrected chi connectivity index (χ0v) is 11.5. The van der Waals surface area contributed by atoms with Crippen molar-refractivity contribution in [2.45, 2.75) is 12.8 Å². The Kier molecular flexibility index (Phi) is 6.19. The summed E-state index contributed by atoms with van der Waals surface area (Å²) in [4.78, 5) is 4.62. The van der Waals surface area contributed by atoms with E-state index < -0.39 is 0 Å². The van der Waals surface area contributed by atoms with Crippen molar-refractivity contribution in [3.63, 3.8) is 0 Å². The van der Waals surface area contributed by atoms with Gasteiger partial charge in [0.1, 0.15) is 0 Å². The van der Waals surface area contributed by atoms with Crippen LogP contribution in [0, 0.1) is 0 Å². The average Bonchev–Trinajstić information content (AvgIpc) is 2.75. The molecule has 1 N–H and O–H groups in total. The van der Waals surface area contributed by atoms with E-state index in [0.29, 0.717) is 0 Å². The molecule has 1 aromatic heterocycles. The third kappa shape index (κ3) is 4.46. The number of benzene rings is 1. The summed E-state index contributed by atoms with van der Waals surface area (Å²) in [6.45, 7) is 0.998. The minimum Gasteiger partial charge on any atom is -0.319 e. The summed E-state index contributed by atoms with van der Waals surface area (Å²) in [5.41, 5.74) is 2.51. The lowest BCUT2D eigenvalue weighted by Gasteiger charge is -1.97. The number of nitrogens with zero attached hydrogens (tertiary/aromatic N) is 1. The quantitative estimate of drug-likeness (QED) is 0.902. The van der Waals surface area contributed by atoms with Crippen LogP contribution < -0.4 is 5.32 Å². The lowest BCUT2D eigenvalue weighted by Crippen LogP contribution is -2.10. The summed E-state index contributed by atoms with van der Waals surface area (Å²) in [6, 6.07) is 10.5. The molecule has 1 heterocycles. The summed E-state index contributed by atoms with van der Waals surface area (Å²) in [7, 11) is 1.97. The van der Waals surface area contributed by atoms with E-state index in [0.717, 1.165) is 19.4 Å². The molecule has 0 aliphatic carbocycles.